The Hall–Kier alpha value is -3.93. The van der Waals surface area contributed by atoms with Gasteiger partial charge in [-0.15, -0.1) is 0 Å². The number of ketones is 1. The second-order valence-corrected chi connectivity index (χ2v) is 9.07. The molecule has 2 aliphatic rings. The number of carbonyl (C=O) groups excluding carboxylic acids is 2. The normalized spacial score (nSPS) is 17.7. The molecule has 1 N–H and O–H groups in total. The van der Waals surface area contributed by atoms with Gasteiger partial charge < -0.3 is 15.1 Å². The van der Waals surface area contributed by atoms with Gasteiger partial charge in [0.1, 0.15) is 5.84 Å². The van der Waals surface area contributed by atoms with Crippen molar-refractivity contribution in [2.75, 3.05) is 11.9 Å². The SMILES string of the molecule is CCc1ccccc1NC(=O)N(C1C(=O)CCN2Cc3ccccc3N=C12)C(C)c1ccccc1. The fourth-order valence-corrected chi connectivity index (χ4v) is 5.01. The van der Waals surface area contributed by atoms with E-state index in [2.05, 4.69) is 23.2 Å². The van der Waals surface area contributed by atoms with Crippen LogP contribution in [0.2, 0.25) is 0 Å². The topological polar surface area (TPSA) is 65.0 Å². The maximum atomic E-state index is 13.9. The van der Waals surface area contributed by atoms with E-state index in [0.717, 1.165) is 34.5 Å². The highest BCUT2D eigenvalue weighted by Gasteiger charge is 2.43. The smallest absolute Gasteiger partial charge is 0.323 e. The number of aliphatic imine (C=N–C) groups is 1. The van der Waals surface area contributed by atoms with Crippen LogP contribution in [0.15, 0.2) is 83.9 Å². The monoisotopic (exact) mass is 466 g/mol. The fraction of sp³-hybridized carbons (Fsp3) is 0.276. The van der Waals surface area contributed by atoms with Crippen LogP contribution in [0.3, 0.4) is 0 Å². The number of rotatable bonds is 5. The third kappa shape index (κ3) is 4.44. The molecule has 1 fully saturated rings. The first-order chi connectivity index (χ1) is 17.1. The van der Waals surface area contributed by atoms with E-state index in [9.17, 15) is 9.59 Å². The number of benzene rings is 3. The number of fused-ring (bicyclic) bond motifs is 2. The summed E-state index contributed by atoms with van der Waals surface area (Å²) in [6, 6.07) is 24.3. The van der Waals surface area contributed by atoms with Crippen LogP contribution in [0.25, 0.3) is 0 Å². The molecule has 2 atom stereocenters. The van der Waals surface area contributed by atoms with Crippen molar-refractivity contribution in [1.29, 1.82) is 0 Å². The number of amidine groups is 1. The first kappa shape index (κ1) is 22.8. The predicted molar refractivity (Wildman–Crippen MR) is 139 cm³/mol. The van der Waals surface area contributed by atoms with Crippen LogP contribution in [0.5, 0.6) is 0 Å². The molecule has 0 aliphatic carbocycles. The van der Waals surface area contributed by atoms with Gasteiger partial charge in [0.05, 0.1) is 11.7 Å². The molecule has 1 saturated heterocycles. The predicted octanol–water partition coefficient (Wildman–Crippen LogP) is 5.73. The number of hydrogen-bond donors (Lipinski definition) is 1. The Morgan fingerprint density at radius 1 is 1.06 bits per heavy atom. The number of aryl methyl sites for hydroxylation is 1. The molecule has 3 aromatic rings. The lowest BCUT2D eigenvalue weighted by Gasteiger charge is -2.44. The minimum absolute atomic E-state index is 0.0149. The Labute approximate surface area is 206 Å². The Morgan fingerprint density at radius 3 is 2.57 bits per heavy atom. The number of urea groups is 1. The highest BCUT2D eigenvalue weighted by molar-refractivity contribution is 6.13. The van der Waals surface area contributed by atoms with E-state index in [1.54, 1.807) is 4.90 Å². The van der Waals surface area contributed by atoms with Gasteiger partial charge in [0.15, 0.2) is 11.8 Å². The summed E-state index contributed by atoms with van der Waals surface area (Å²) in [5.41, 5.74) is 4.78. The van der Waals surface area contributed by atoms with Gasteiger partial charge in [-0.2, -0.15) is 0 Å². The number of piperidine rings is 1. The standard InChI is InChI=1S/C29H30N4O2/c1-3-21-11-7-9-15-24(21)31-29(35)33(20(2)22-12-5-4-6-13-22)27-26(34)17-18-32-19-23-14-8-10-16-25(23)30-28(27)32/h4-16,20,27H,3,17-19H2,1-2H3,(H,31,35). The van der Waals surface area contributed by atoms with E-state index in [4.69, 9.17) is 4.99 Å². The minimum atomic E-state index is -0.763. The largest absolute Gasteiger partial charge is 0.353 e. The number of hydrogen-bond acceptors (Lipinski definition) is 4. The van der Waals surface area contributed by atoms with Gasteiger partial charge in [-0.05, 0) is 42.2 Å². The molecule has 5 rings (SSSR count). The minimum Gasteiger partial charge on any atom is -0.353 e. The third-order valence-electron chi connectivity index (χ3n) is 6.94. The molecule has 0 bridgehead atoms. The van der Waals surface area contributed by atoms with Crippen molar-refractivity contribution in [2.45, 2.75) is 45.3 Å². The van der Waals surface area contributed by atoms with Gasteiger partial charge in [0.25, 0.3) is 0 Å². The van der Waals surface area contributed by atoms with E-state index in [1.165, 1.54) is 0 Å². The zero-order valence-corrected chi connectivity index (χ0v) is 20.1. The lowest BCUT2D eigenvalue weighted by molar-refractivity contribution is -0.123. The Morgan fingerprint density at radius 2 is 1.77 bits per heavy atom. The lowest BCUT2D eigenvalue weighted by atomic mass is 9.95. The number of nitrogens with zero attached hydrogens (tertiary/aromatic N) is 3. The lowest BCUT2D eigenvalue weighted by Crippen LogP contribution is -2.60. The molecular formula is C29H30N4O2. The van der Waals surface area contributed by atoms with Crippen molar-refractivity contribution in [1.82, 2.24) is 9.80 Å². The maximum absolute atomic E-state index is 13.9. The summed E-state index contributed by atoms with van der Waals surface area (Å²) >= 11 is 0. The molecule has 35 heavy (non-hydrogen) atoms. The zero-order chi connectivity index (χ0) is 24.4. The van der Waals surface area contributed by atoms with Gasteiger partial charge in [-0.1, -0.05) is 73.7 Å². The summed E-state index contributed by atoms with van der Waals surface area (Å²) < 4.78 is 0. The molecule has 2 heterocycles. The molecule has 0 radical (unpaired) electrons. The number of anilines is 1. The molecule has 2 amide bonds. The average Bonchev–Trinajstić information content (AvgIpc) is 2.90. The molecule has 2 aliphatic heterocycles. The quantitative estimate of drug-likeness (QED) is 0.522. The van der Waals surface area contributed by atoms with Gasteiger partial charge in [0.2, 0.25) is 0 Å². The summed E-state index contributed by atoms with van der Waals surface area (Å²) in [5.74, 6) is 0.669. The van der Waals surface area contributed by atoms with Crippen molar-refractivity contribution in [3.05, 3.63) is 95.6 Å². The van der Waals surface area contributed by atoms with E-state index < -0.39 is 6.04 Å². The number of Topliss-reactive ketones (excluding diaryl/α,β-unsaturated/α-hetero) is 1. The highest BCUT2D eigenvalue weighted by Crippen LogP contribution is 2.34. The van der Waals surface area contributed by atoms with Crippen LogP contribution in [0.1, 0.15) is 43.0 Å². The van der Waals surface area contributed by atoms with Crippen LogP contribution in [0, 0.1) is 0 Å². The van der Waals surface area contributed by atoms with Crippen molar-refractivity contribution in [2.24, 2.45) is 4.99 Å². The zero-order valence-electron chi connectivity index (χ0n) is 20.1. The highest BCUT2D eigenvalue weighted by atomic mass is 16.2. The van der Waals surface area contributed by atoms with Crippen LogP contribution in [0.4, 0.5) is 16.2 Å². The molecule has 2 unspecified atom stereocenters. The molecule has 6 nitrogen and oxygen atoms in total. The third-order valence-corrected chi connectivity index (χ3v) is 6.94. The molecule has 0 saturated carbocycles. The average molecular weight is 467 g/mol. The van der Waals surface area contributed by atoms with Gasteiger partial charge in [-0.3, -0.25) is 4.79 Å². The summed E-state index contributed by atoms with van der Waals surface area (Å²) in [6.07, 6.45) is 1.17. The van der Waals surface area contributed by atoms with Crippen LogP contribution in [-0.2, 0) is 17.8 Å². The molecule has 178 valence electrons. The summed E-state index contributed by atoms with van der Waals surface area (Å²) in [5, 5.41) is 3.11. The molecule has 6 heteroatoms. The van der Waals surface area contributed by atoms with Crippen molar-refractivity contribution >= 4 is 29.0 Å². The molecular weight excluding hydrogens is 436 g/mol. The van der Waals surface area contributed by atoms with Crippen molar-refractivity contribution < 1.29 is 9.59 Å². The van der Waals surface area contributed by atoms with Crippen molar-refractivity contribution in [3.63, 3.8) is 0 Å². The Kier molecular flexibility index (Phi) is 6.36. The summed E-state index contributed by atoms with van der Waals surface area (Å²) in [6.45, 7) is 5.33. The first-order valence-corrected chi connectivity index (χ1v) is 12.2. The number of carbonyl (C=O) groups is 2. The number of para-hydroxylation sites is 2. The maximum Gasteiger partial charge on any atom is 0.323 e. The van der Waals surface area contributed by atoms with E-state index >= 15 is 0 Å². The summed E-state index contributed by atoms with van der Waals surface area (Å²) in [4.78, 5) is 36.2. The Balaban J connectivity index is 1.58. The van der Waals surface area contributed by atoms with E-state index in [-0.39, 0.29) is 17.9 Å². The van der Waals surface area contributed by atoms with Gasteiger partial charge in [0, 0.05) is 25.2 Å². The molecule has 3 aromatic carbocycles. The number of nitrogens with one attached hydrogen (secondary N) is 1. The van der Waals surface area contributed by atoms with Gasteiger partial charge in [-0.25, -0.2) is 9.79 Å². The molecule has 0 aromatic heterocycles. The first-order valence-electron chi connectivity index (χ1n) is 12.2. The number of amides is 2. The van der Waals surface area contributed by atoms with Crippen LogP contribution >= 0.6 is 0 Å². The van der Waals surface area contributed by atoms with Crippen LogP contribution in [-0.4, -0.2) is 40.0 Å². The summed E-state index contributed by atoms with van der Waals surface area (Å²) in [7, 11) is 0. The second kappa shape index (κ2) is 9.74. The van der Waals surface area contributed by atoms with E-state index in [1.807, 2.05) is 79.7 Å². The fourth-order valence-electron chi connectivity index (χ4n) is 5.01. The van der Waals surface area contributed by atoms with Crippen molar-refractivity contribution in [3.8, 4) is 0 Å². The van der Waals surface area contributed by atoms with Gasteiger partial charge >= 0.3 is 6.03 Å². The van der Waals surface area contributed by atoms with Crippen LogP contribution < -0.4 is 5.32 Å². The Bertz CT molecular complexity index is 1270. The molecule has 0 spiro atoms. The van der Waals surface area contributed by atoms with E-state index in [0.29, 0.717) is 25.3 Å². The second-order valence-electron chi connectivity index (χ2n) is 9.07.